The van der Waals surface area contributed by atoms with E-state index in [1.54, 1.807) is 26.2 Å². The van der Waals surface area contributed by atoms with Crippen molar-refractivity contribution in [1.82, 2.24) is 10.2 Å². The van der Waals surface area contributed by atoms with Gasteiger partial charge in [0.05, 0.1) is 37.7 Å². The van der Waals surface area contributed by atoms with Crippen LogP contribution in [0.5, 0.6) is 11.5 Å². The molecule has 3 atom stereocenters. The lowest BCUT2D eigenvalue weighted by molar-refractivity contribution is -0.139. The van der Waals surface area contributed by atoms with Crippen molar-refractivity contribution >= 4 is 11.6 Å². The Morgan fingerprint density at radius 2 is 1.74 bits per heavy atom. The van der Waals surface area contributed by atoms with Crippen LogP contribution in [0.4, 0.5) is 5.69 Å². The van der Waals surface area contributed by atoms with Gasteiger partial charge in [-0.2, -0.15) is 0 Å². The van der Waals surface area contributed by atoms with Crippen molar-refractivity contribution in [3.63, 3.8) is 0 Å². The predicted octanol–water partition coefficient (Wildman–Crippen LogP) is 3.47. The Labute approximate surface area is 256 Å². The zero-order chi connectivity index (χ0) is 30.4. The Morgan fingerprint density at radius 3 is 2.49 bits per heavy atom. The first-order chi connectivity index (χ1) is 21.0. The van der Waals surface area contributed by atoms with E-state index in [1.165, 1.54) is 0 Å². The fourth-order valence-corrected chi connectivity index (χ4v) is 5.50. The Balaban J connectivity index is 1.47. The number of rotatable bonds is 17. The maximum absolute atomic E-state index is 12.6. The number of fused-ring (bicyclic) bond motifs is 1. The van der Waals surface area contributed by atoms with Crippen LogP contribution in [0.25, 0.3) is 0 Å². The first kappa shape index (κ1) is 33.0. The molecule has 1 N–H and O–H groups in total. The van der Waals surface area contributed by atoms with Gasteiger partial charge in [-0.1, -0.05) is 18.2 Å². The topological polar surface area (TPSA) is 91.0 Å². The van der Waals surface area contributed by atoms with Gasteiger partial charge < -0.3 is 43.5 Å². The highest BCUT2D eigenvalue weighted by Crippen LogP contribution is 2.35. The molecule has 0 aromatic heterocycles. The van der Waals surface area contributed by atoms with Gasteiger partial charge in [0, 0.05) is 73.0 Å². The number of amides is 1. The molecule has 10 heteroatoms. The Kier molecular flexibility index (Phi) is 13.4. The lowest BCUT2D eigenvalue weighted by Gasteiger charge is -2.39. The summed E-state index contributed by atoms with van der Waals surface area (Å²) in [7, 11) is 5.22. The zero-order valence-corrected chi connectivity index (χ0v) is 26.2. The van der Waals surface area contributed by atoms with Crippen LogP contribution < -0.4 is 19.7 Å². The molecule has 0 bridgehead atoms. The van der Waals surface area contributed by atoms with Crippen LogP contribution in [-0.2, 0) is 30.3 Å². The van der Waals surface area contributed by atoms with Crippen molar-refractivity contribution < 1.29 is 33.2 Å². The first-order valence-electron chi connectivity index (χ1n) is 15.4. The molecule has 1 unspecified atom stereocenters. The van der Waals surface area contributed by atoms with Crippen molar-refractivity contribution in [3.05, 3.63) is 53.6 Å². The molecular formula is C33H49N3O7. The monoisotopic (exact) mass is 599 g/mol. The number of ether oxygens (including phenoxy) is 6. The smallest absolute Gasteiger partial charge is 0.248 e. The Bertz CT molecular complexity index is 1120. The number of likely N-dealkylation sites (N-methyl/N-ethyl adjacent to an activating group) is 1. The third kappa shape index (κ3) is 9.55. The Morgan fingerprint density at radius 1 is 1.00 bits per heavy atom. The number of carbonyl (C=O) groups is 1. The number of anilines is 1. The fraction of sp³-hybridized carbons (Fsp3) is 0.606. The number of carbonyl (C=O) groups excluding carboxylic acids is 1. The van der Waals surface area contributed by atoms with Gasteiger partial charge >= 0.3 is 0 Å². The summed E-state index contributed by atoms with van der Waals surface area (Å²) in [5.41, 5.74) is 3.28. The predicted molar refractivity (Wildman–Crippen MR) is 166 cm³/mol. The van der Waals surface area contributed by atoms with Crippen LogP contribution in [0.2, 0.25) is 0 Å². The molecule has 0 saturated carbocycles. The average molecular weight is 600 g/mol. The van der Waals surface area contributed by atoms with E-state index in [0.29, 0.717) is 46.1 Å². The highest BCUT2D eigenvalue weighted by atomic mass is 16.5. The maximum atomic E-state index is 12.6. The van der Waals surface area contributed by atoms with Gasteiger partial charge in [-0.15, -0.1) is 0 Å². The van der Waals surface area contributed by atoms with Crippen molar-refractivity contribution in [1.29, 1.82) is 0 Å². The number of benzene rings is 2. The molecular weight excluding hydrogens is 550 g/mol. The molecule has 10 nitrogen and oxygen atoms in total. The molecule has 2 aliphatic heterocycles. The average Bonchev–Trinajstić information content (AvgIpc) is 3.04. The van der Waals surface area contributed by atoms with Gasteiger partial charge in [-0.3, -0.25) is 4.79 Å². The number of hydrogen-bond donors (Lipinski definition) is 1. The van der Waals surface area contributed by atoms with Gasteiger partial charge in [0.2, 0.25) is 5.91 Å². The van der Waals surface area contributed by atoms with Gasteiger partial charge in [0.15, 0.2) is 0 Å². The number of methoxy groups -OCH3 is 2. The molecule has 2 heterocycles. The van der Waals surface area contributed by atoms with E-state index < -0.39 is 0 Å². The van der Waals surface area contributed by atoms with E-state index in [0.717, 1.165) is 60.9 Å². The molecule has 2 aromatic carbocycles. The van der Waals surface area contributed by atoms with Crippen LogP contribution in [0.3, 0.4) is 0 Å². The second kappa shape index (κ2) is 17.4. The van der Waals surface area contributed by atoms with Crippen LogP contribution in [-0.4, -0.2) is 110 Å². The molecule has 1 amide bonds. The van der Waals surface area contributed by atoms with Gasteiger partial charge in [0.25, 0.3) is 0 Å². The summed E-state index contributed by atoms with van der Waals surface area (Å²) in [6.07, 6.45) is 1.41. The molecule has 238 valence electrons. The van der Waals surface area contributed by atoms with Crippen molar-refractivity contribution in [2.75, 3.05) is 91.9 Å². The molecule has 1 saturated heterocycles. The van der Waals surface area contributed by atoms with Gasteiger partial charge in [-0.05, 0) is 48.7 Å². The SMILES string of the molecule is CCN(C)C(=O)CO[C@@H]1CNC[C@H](OCc2ccc3c(c2)N(CCCOC)CCO3)C1c1ccc(OCCCOC)cc1. The summed E-state index contributed by atoms with van der Waals surface area (Å²) in [5, 5.41) is 3.47. The van der Waals surface area contributed by atoms with Crippen molar-refractivity contribution in [2.45, 2.75) is 44.5 Å². The Hall–Kier alpha value is -2.89. The molecule has 0 radical (unpaired) electrons. The quantitative estimate of drug-likeness (QED) is 0.275. The molecule has 0 aliphatic carbocycles. The van der Waals surface area contributed by atoms with Crippen LogP contribution in [0.1, 0.15) is 36.8 Å². The van der Waals surface area contributed by atoms with Gasteiger partial charge in [0.1, 0.15) is 24.7 Å². The molecule has 1 fully saturated rings. The van der Waals surface area contributed by atoms with E-state index >= 15 is 0 Å². The maximum Gasteiger partial charge on any atom is 0.248 e. The lowest BCUT2D eigenvalue weighted by atomic mass is 9.85. The summed E-state index contributed by atoms with van der Waals surface area (Å²) < 4.78 is 35.1. The standard InChI is InChI=1S/C33H49N3O7/c1-5-35(2)32(37)24-43-31-22-34-21-30(33(31)26-9-11-27(12-10-26)40-18-7-17-39-4)42-23-25-8-13-29-28(20-25)36(15-19-41-29)14-6-16-38-3/h8-13,20,30-31,33-34H,5-7,14-19,21-24H2,1-4H3/t30-,31+,33?/m0/s1. The van der Waals surface area contributed by atoms with E-state index in [9.17, 15) is 4.79 Å². The second-order valence-corrected chi connectivity index (χ2v) is 11.0. The molecule has 0 spiro atoms. The molecule has 2 aromatic rings. The van der Waals surface area contributed by atoms with E-state index in [2.05, 4.69) is 34.5 Å². The number of nitrogens with zero attached hydrogens (tertiary/aromatic N) is 2. The van der Waals surface area contributed by atoms with Crippen LogP contribution in [0, 0.1) is 0 Å². The zero-order valence-electron chi connectivity index (χ0n) is 26.2. The molecule has 2 aliphatic rings. The highest BCUT2D eigenvalue weighted by molar-refractivity contribution is 5.77. The minimum Gasteiger partial charge on any atom is -0.494 e. The minimum atomic E-state index is -0.227. The van der Waals surface area contributed by atoms with Crippen molar-refractivity contribution in [2.24, 2.45) is 0 Å². The van der Waals surface area contributed by atoms with E-state index in [1.807, 2.05) is 25.1 Å². The fourth-order valence-electron chi connectivity index (χ4n) is 5.50. The molecule has 43 heavy (non-hydrogen) atoms. The molecule has 4 rings (SSSR count). The van der Waals surface area contributed by atoms with Crippen LogP contribution >= 0.6 is 0 Å². The first-order valence-corrected chi connectivity index (χ1v) is 15.4. The third-order valence-electron chi connectivity index (χ3n) is 8.06. The van der Waals surface area contributed by atoms with Crippen molar-refractivity contribution in [3.8, 4) is 11.5 Å². The third-order valence-corrected chi connectivity index (χ3v) is 8.06. The number of nitrogens with one attached hydrogen (secondary N) is 1. The number of hydrogen-bond acceptors (Lipinski definition) is 9. The van der Waals surface area contributed by atoms with E-state index in [-0.39, 0.29) is 30.6 Å². The highest BCUT2D eigenvalue weighted by Gasteiger charge is 2.36. The lowest BCUT2D eigenvalue weighted by Crippen LogP contribution is -2.51. The number of piperidine rings is 1. The van der Waals surface area contributed by atoms with Gasteiger partial charge in [-0.25, -0.2) is 0 Å². The summed E-state index contributed by atoms with van der Waals surface area (Å²) in [4.78, 5) is 16.6. The summed E-state index contributed by atoms with van der Waals surface area (Å²) in [6, 6.07) is 14.5. The van der Waals surface area contributed by atoms with Crippen LogP contribution in [0.15, 0.2) is 42.5 Å². The summed E-state index contributed by atoms with van der Waals surface area (Å²) >= 11 is 0. The second-order valence-electron chi connectivity index (χ2n) is 11.0. The summed E-state index contributed by atoms with van der Waals surface area (Å²) in [6.45, 7) is 8.84. The normalized spacial score (nSPS) is 19.9. The minimum absolute atomic E-state index is 0.0320. The van der Waals surface area contributed by atoms with E-state index in [4.69, 9.17) is 28.4 Å². The summed E-state index contributed by atoms with van der Waals surface area (Å²) in [5.74, 6) is 1.63. The largest absolute Gasteiger partial charge is 0.494 e.